The first-order valence-corrected chi connectivity index (χ1v) is 6.12. The molecule has 0 aliphatic heterocycles. The number of terminal acetylenes is 1. The van der Waals surface area contributed by atoms with Gasteiger partial charge in [0.05, 0.1) is 0 Å². The van der Waals surface area contributed by atoms with Crippen molar-refractivity contribution in [3.05, 3.63) is 70.5 Å². The van der Waals surface area contributed by atoms with E-state index in [1.807, 2.05) is 0 Å². The molecule has 2 aromatic rings. The summed E-state index contributed by atoms with van der Waals surface area (Å²) in [6, 6.07) is 12.4. The zero-order chi connectivity index (χ0) is 13.9. The molecule has 0 radical (unpaired) electrons. The number of benzene rings is 2. The number of aliphatic hydroxyl groups is 1. The summed E-state index contributed by atoms with van der Waals surface area (Å²) in [7, 11) is 0. The average molecular weight is 275 g/mol. The van der Waals surface area contributed by atoms with Gasteiger partial charge in [-0.2, -0.15) is 0 Å². The Morgan fingerprint density at radius 3 is 2.00 bits per heavy atom. The van der Waals surface area contributed by atoms with Crippen LogP contribution in [0.5, 0.6) is 0 Å². The van der Waals surface area contributed by atoms with Gasteiger partial charge in [-0.05, 0) is 35.4 Å². The molecular weight excluding hydrogens is 263 g/mol. The Balaban J connectivity index is 2.51. The van der Waals surface area contributed by atoms with Crippen LogP contribution in [0.15, 0.2) is 48.5 Å². The standard InChI is InChI=1S/C16H12ClFO/c1-2-11-16(19,12-3-7-14(17)8-4-12)13-5-9-15(18)10-6-13/h1,3-10,19H,11H2. The third kappa shape index (κ3) is 2.78. The fraction of sp³-hybridized carbons (Fsp3) is 0.125. The molecule has 0 heterocycles. The maximum atomic E-state index is 13.0. The molecule has 96 valence electrons. The van der Waals surface area contributed by atoms with E-state index in [1.165, 1.54) is 24.3 Å². The highest BCUT2D eigenvalue weighted by Gasteiger charge is 2.30. The van der Waals surface area contributed by atoms with E-state index in [0.717, 1.165) is 0 Å². The van der Waals surface area contributed by atoms with Crippen molar-refractivity contribution in [3.63, 3.8) is 0 Å². The summed E-state index contributed by atoms with van der Waals surface area (Å²) in [5, 5.41) is 11.4. The summed E-state index contributed by atoms with van der Waals surface area (Å²) in [6.45, 7) is 0. The Kier molecular flexibility index (Phi) is 3.90. The first-order valence-electron chi connectivity index (χ1n) is 5.74. The first-order chi connectivity index (χ1) is 9.06. The van der Waals surface area contributed by atoms with Gasteiger partial charge in [0, 0.05) is 11.4 Å². The van der Waals surface area contributed by atoms with Crippen LogP contribution in [0.2, 0.25) is 5.02 Å². The molecule has 0 aliphatic rings. The van der Waals surface area contributed by atoms with E-state index in [-0.39, 0.29) is 12.2 Å². The normalized spacial score (nSPS) is 13.6. The summed E-state index contributed by atoms with van der Waals surface area (Å²) in [4.78, 5) is 0. The van der Waals surface area contributed by atoms with Crippen LogP contribution in [-0.2, 0) is 5.60 Å². The van der Waals surface area contributed by atoms with Crippen molar-refractivity contribution in [2.24, 2.45) is 0 Å². The Labute approximate surface area is 116 Å². The lowest BCUT2D eigenvalue weighted by atomic mass is 9.84. The van der Waals surface area contributed by atoms with Gasteiger partial charge in [0.1, 0.15) is 11.4 Å². The molecule has 19 heavy (non-hydrogen) atoms. The number of halogens is 2. The van der Waals surface area contributed by atoms with Crippen LogP contribution < -0.4 is 0 Å². The van der Waals surface area contributed by atoms with Crippen molar-refractivity contribution in [2.45, 2.75) is 12.0 Å². The third-order valence-corrected chi connectivity index (χ3v) is 3.25. The van der Waals surface area contributed by atoms with Gasteiger partial charge in [-0.3, -0.25) is 0 Å². The van der Waals surface area contributed by atoms with Crippen LogP contribution in [0.4, 0.5) is 4.39 Å². The fourth-order valence-electron chi connectivity index (χ4n) is 1.97. The van der Waals surface area contributed by atoms with E-state index in [0.29, 0.717) is 16.1 Å². The Hall–Kier alpha value is -1.82. The molecular formula is C16H12ClFO. The highest BCUT2D eigenvalue weighted by atomic mass is 35.5. The second-order valence-corrected chi connectivity index (χ2v) is 4.69. The zero-order valence-corrected chi connectivity index (χ0v) is 10.9. The van der Waals surface area contributed by atoms with Gasteiger partial charge in [-0.25, -0.2) is 4.39 Å². The van der Waals surface area contributed by atoms with Gasteiger partial charge in [-0.15, -0.1) is 12.3 Å². The fourth-order valence-corrected chi connectivity index (χ4v) is 2.10. The Bertz CT molecular complexity index is 551. The van der Waals surface area contributed by atoms with E-state index >= 15 is 0 Å². The predicted molar refractivity (Wildman–Crippen MR) is 74.3 cm³/mol. The highest BCUT2D eigenvalue weighted by Crippen LogP contribution is 2.33. The quantitative estimate of drug-likeness (QED) is 0.846. The average Bonchev–Trinajstić information content (AvgIpc) is 2.40. The third-order valence-electron chi connectivity index (χ3n) is 3.00. The van der Waals surface area contributed by atoms with Crippen molar-refractivity contribution < 1.29 is 9.50 Å². The minimum Gasteiger partial charge on any atom is -0.379 e. The van der Waals surface area contributed by atoms with E-state index in [2.05, 4.69) is 5.92 Å². The van der Waals surface area contributed by atoms with Crippen LogP contribution in [0.3, 0.4) is 0 Å². The lowest BCUT2D eigenvalue weighted by molar-refractivity contribution is 0.0865. The van der Waals surface area contributed by atoms with Gasteiger partial charge < -0.3 is 5.11 Å². The smallest absolute Gasteiger partial charge is 0.125 e. The van der Waals surface area contributed by atoms with Gasteiger partial charge in [-0.1, -0.05) is 35.9 Å². The SMILES string of the molecule is C#CCC(O)(c1ccc(F)cc1)c1ccc(Cl)cc1. The Morgan fingerprint density at radius 1 is 1.05 bits per heavy atom. The minimum atomic E-state index is -1.34. The summed E-state index contributed by atoms with van der Waals surface area (Å²) >= 11 is 5.83. The van der Waals surface area contributed by atoms with Crippen LogP contribution in [0.25, 0.3) is 0 Å². The molecule has 0 fully saturated rings. The van der Waals surface area contributed by atoms with Crippen LogP contribution in [0, 0.1) is 18.2 Å². The molecule has 0 aromatic heterocycles. The molecule has 0 bridgehead atoms. The number of hydrogen-bond donors (Lipinski definition) is 1. The molecule has 0 amide bonds. The van der Waals surface area contributed by atoms with Gasteiger partial charge in [0.2, 0.25) is 0 Å². The molecule has 0 aliphatic carbocycles. The molecule has 0 saturated carbocycles. The topological polar surface area (TPSA) is 20.2 Å². The van der Waals surface area contributed by atoms with E-state index in [1.54, 1.807) is 24.3 Å². The Morgan fingerprint density at radius 2 is 1.53 bits per heavy atom. The largest absolute Gasteiger partial charge is 0.379 e. The van der Waals surface area contributed by atoms with Gasteiger partial charge >= 0.3 is 0 Å². The summed E-state index contributed by atoms with van der Waals surface area (Å²) in [6.07, 6.45) is 5.44. The monoisotopic (exact) mass is 274 g/mol. The van der Waals surface area contributed by atoms with Crippen LogP contribution in [-0.4, -0.2) is 5.11 Å². The molecule has 1 N–H and O–H groups in total. The van der Waals surface area contributed by atoms with Crippen molar-refractivity contribution in [2.75, 3.05) is 0 Å². The van der Waals surface area contributed by atoms with Gasteiger partial charge in [0.15, 0.2) is 0 Å². The van der Waals surface area contributed by atoms with E-state index < -0.39 is 5.60 Å². The molecule has 1 unspecified atom stereocenters. The summed E-state index contributed by atoms with van der Waals surface area (Å²) < 4.78 is 13.0. The number of rotatable bonds is 3. The molecule has 3 heteroatoms. The van der Waals surface area contributed by atoms with Crippen molar-refractivity contribution in [3.8, 4) is 12.3 Å². The van der Waals surface area contributed by atoms with E-state index in [4.69, 9.17) is 18.0 Å². The molecule has 0 spiro atoms. The van der Waals surface area contributed by atoms with Crippen molar-refractivity contribution >= 4 is 11.6 Å². The van der Waals surface area contributed by atoms with Crippen molar-refractivity contribution in [1.82, 2.24) is 0 Å². The van der Waals surface area contributed by atoms with Crippen molar-refractivity contribution in [1.29, 1.82) is 0 Å². The predicted octanol–water partition coefficient (Wildman–Crippen LogP) is 3.74. The molecule has 0 saturated heterocycles. The van der Waals surface area contributed by atoms with Gasteiger partial charge in [0.25, 0.3) is 0 Å². The van der Waals surface area contributed by atoms with E-state index in [9.17, 15) is 9.50 Å². The second-order valence-electron chi connectivity index (χ2n) is 4.25. The molecule has 2 rings (SSSR count). The summed E-state index contributed by atoms with van der Waals surface area (Å²) in [5.74, 6) is 2.10. The zero-order valence-electron chi connectivity index (χ0n) is 10.1. The minimum absolute atomic E-state index is 0.0975. The maximum absolute atomic E-state index is 13.0. The molecule has 1 atom stereocenters. The molecule has 2 aromatic carbocycles. The lowest BCUT2D eigenvalue weighted by Crippen LogP contribution is -2.26. The molecule has 1 nitrogen and oxygen atoms in total. The number of hydrogen-bond acceptors (Lipinski definition) is 1. The van der Waals surface area contributed by atoms with Crippen LogP contribution >= 0.6 is 11.6 Å². The summed E-state index contributed by atoms with van der Waals surface area (Å²) in [5.41, 5.74) is -0.164. The first kappa shape index (κ1) is 13.6. The van der Waals surface area contributed by atoms with Crippen LogP contribution in [0.1, 0.15) is 17.5 Å². The highest BCUT2D eigenvalue weighted by molar-refractivity contribution is 6.30. The maximum Gasteiger partial charge on any atom is 0.125 e. The second kappa shape index (κ2) is 5.44. The lowest BCUT2D eigenvalue weighted by Gasteiger charge is -2.27.